The first-order valence-electron chi connectivity index (χ1n) is 10.3. The quantitative estimate of drug-likeness (QED) is 0.637. The largest absolute Gasteiger partial charge is 0.497 e. The molecule has 6 nitrogen and oxygen atoms in total. The summed E-state index contributed by atoms with van der Waals surface area (Å²) in [6.45, 7) is 4.61. The van der Waals surface area contributed by atoms with E-state index in [-0.39, 0.29) is 11.9 Å². The van der Waals surface area contributed by atoms with Crippen LogP contribution in [0.15, 0.2) is 59.1 Å². The molecule has 1 atom stereocenters. The lowest BCUT2D eigenvalue weighted by molar-refractivity contribution is 0.0929. The van der Waals surface area contributed by atoms with Gasteiger partial charge in [0.15, 0.2) is 11.5 Å². The third-order valence-electron chi connectivity index (χ3n) is 5.62. The SMILES string of the molecule is COc1ccc(C(CNC(=O)c2cc(-c3ccc(C)cc3)on2)N2CCCC2)cc1. The van der Waals surface area contributed by atoms with Gasteiger partial charge in [-0.25, -0.2) is 0 Å². The molecule has 1 amide bonds. The van der Waals surface area contributed by atoms with E-state index in [1.54, 1.807) is 13.2 Å². The Morgan fingerprint density at radius 2 is 1.83 bits per heavy atom. The average molecular weight is 405 g/mol. The first-order chi connectivity index (χ1) is 14.6. The molecule has 1 aliphatic rings. The van der Waals surface area contributed by atoms with Crippen molar-refractivity contribution in [2.75, 3.05) is 26.7 Å². The Bertz CT molecular complexity index is 974. The topological polar surface area (TPSA) is 67.6 Å². The van der Waals surface area contributed by atoms with Gasteiger partial charge in [-0.05, 0) is 50.6 Å². The van der Waals surface area contributed by atoms with Gasteiger partial charge in [0.25, 0.3) is 5.91 Å². The molecule has 0 aliphatic carbocycles. The number of rotatable bonds is 7. The fraction of sp³-hybridized carbons (Fsp3) is 0.333. The van der Waals surface area contributed by atoms with Gasteiger partial charge in [-0.15, -0.1) is 0 Å². The Morgan fingerprint density at radius 3 is 2.50 bits per heavy atom. The van der Waals surface area contributed by atoms with Gasteiger partial charge in [0.1, 0.15) is 5.75 Å². The number of aryl methyl sites for hydroxylation is 1. The van der Waals surface area contributed by atoms with E-state index < -0.39 is 0 Å². The van der Waals surface area contributed by atoms with Crippen LogP contribution in [0.25, 0.3) is 11.3 Å². The number of likely N-dealkylation sites (tertiary alicyclic amines) is 1. The minimum Gasteiger partial charge on any atom is -0.497 e. The van der Waals surface area contributed by atoms with Crippen molar-refractivity contribution in [3.05, 3.63) is 71.4 Å². The van der Waals surface area contributed by atoms with Gasteiger partial charge in [0.05, 0.1) is 13.2 Å². The van der Waals surface area contributed by atoms with Crippen LogP contribution < -0.4 is 10.1 Å². The molecule has 1 aliphatic heterocycles. The lowest BCUT2D eigenvalue weighted by atomic mass is 10.1. The van der Waals surface area contributed by atoms with Crippen LogP contribution in [0.2, 0.25) is 0 Å². The number of benzene rings is 2. The van der Waals surface area contributed by atoms with Crippen LogP contribution in [-0.2, 0) is 0 Å². The molecule has 6 heteroatoms. The smallest absolute Gasteiger partial charge is 0.273 e. The molecule has 0 bridgehead atoms. The number of nitrogens with zero attached hydrogens (tertiary/aromatic N) is 2. The normalized spacial score (nSPS) is 15.1. The summed E-state index contributed by atoms with van der Waals surface area (Å²) in [5, 5.41) is 7.01. The van der Waals surface area contributed by atoms with E-state index in [0.29, 0.717) is 18.0 Å². The van der Waals surface area contributed by atoms with Crippen LogP contribution in [0.1, 0.15) is 40.5 Å². The fourth-order valence-corrected chi connectivity index (χ4v) is 3.85. The maximum absolute atomic E-state index is 12.7. The summed E-state index contributed by atoms with van der Waals surface area (Å²) in [6, 6.07) is 17.8. The molecule has 1 unspecified atom stereocenters. The maximum atomic E-state index is 12.7. The Labute approximate surface area is 176 Å². The van der Waals surface area contributed by atoms with Gasteiger partial charge in [-0.1, -0.05) is 47.1 Å². The van der Waals surface area contributed by atoms with Gasteiger partial charge in [-0.3, -0.25) is 9.69 Å². The first-order valence-corrected chi connectivity index (χ1v) is 10.3. The summed E-state index contributed by atoms with van der Waals surface area (Å²) >= 11 is 0. The molecule has 4 rings (SSSR count). The predicted molar refractivity (Wildman–Crippen MR) is 116 cm³/mol. The highest BCUT2D eigenvalue weighted by Crippen LogP contribution is 2.26. The summed E-state index contributed by atoms with van der Waals surface area (Å²) in [7, 11) is 1.66. The Hall–Kier alpha value is -3.12. The third-order valence-corrected chi connectivity index (χ3v) is 5.62. The lowest BCUT2D eigenvalue weighted by Crippen LogP contribution is -2.36. The zero-order valence-corrected chi connectivity index (χ0v) is 17.4. The van der Waals surface area contributed by atoms with Crippen molar-refractivity contribution in [3.63, 3.8) is 0 Å². The van der Waals surface area contributed by atoms with Crippen molar-refractivity contribution in [2.45, 2.75) is 25.8 Å². The molecule has 2 aromatic carbocycles. The second-order valence-electron chi connectivity index (χ2n) is 7.68. The number of carbonyl (C=O) groups excluding carboxylic acids is 1. The van der Waals surface area contributed by atoms with Crippen LogP contribution in [0, 0.1) is 6.92 Å². The number of nitrogens with one attached hydrogen (secondary N) is 1. The van der Waals surface area contributed by atoms with Crippen molar-refractivity contribution in [1.82, 2.24) is 15.4 Å². The van der Waals surface area contributed by atoms with Crippen LogP contribution in [-0.4, -0.2) is 42.7 Å². The zero-order valence-electron chi connectivity index (χ0n) is 17.4. The molecule has 0 radical (unpaired) electrons. The van der Waals surface area contributed by atoms with E-state index in [4.69, 9.17) is 9.26 Å². The van der Waals surface area contributed by atoms with Crippen molar-refractivity contribution >= 4 is 5.91 Å². The molecule has 0 saturated carbocycles. The van der Waals surface area contributed by atoms with Crippen LogP contribution in [0.5, 0.6) is 5.75 Å². The second-order valence-corrected chi connectivity index (χ2v) is 7.68. The molecule has 1 fully saturated rings. The second kappa shape index (κ2) is 9.13. The number of ether oxygens (including phenoxy) is 1. The van der Waals surface area contributed by atoms with Crippen LogP contribution in [0.3, 0.4) is 0 Å². The van der Waals surface area contributed by atoms with Crippen LogP contribution in [0.4, 0.5) is 0 Å². The molecule has 0 spiro atoms. The van der Waals surface area contributed by atoms with Crippen molar-refractivity contribution in [3.8, 4) is 17.1 Å². The summed E-state index contributed by atoms with van der Waals surface area (Å²) in [5.41, 5.74) is 3.53. The standard InChI is InChI=1S/C24H27N3O3/c1-17-5-7-19(8-6-17)23-15-21(26-30-23)24(28)25-16-22(27-13-3-4-14-27)18-9-11-20(29-2)12-10-18/h5-12,15,22H,3-4,13-14,16H2,1-2H3,(H,25,28). The van der Waals surface area contributed by atoms with Crippen LogP contribution >= 0.6 is 0 Å². The highest BCUT2D eigenvalue weighted by atomic mass is 16.5. The average Bonchev–Trinajstić information content (AvgIpc) is 3.47. The number of aromatic nitrogens is 1. The number of carbonyl (C=O) groups is 1. The Kier molecular flexibility index (Phi) is 6.14. The molecule has 1 saturated heterocycles. The zero-order chi connectivity index (χ0) is 20.9. The van der Waals surface area contributed by atoms with Gasteiger partial charge in [0.2, 0.25) is 0 Å². The molecule has 30 heavy (non-hydrogen) atoms. The van der Waals surface area contributed by atoms with E-state index in [1.807, 2.05) is 43.3 Å². The van der Waals surface area contributed by atoms with E-state index in [9.17, 15) is 4.79 Å². The first kappa shape index (κ1) is 20.2. The molecule has 156 valence electrons. The molecular formula is C24H27N3O3. The van der Waals surface area contributed by atoms with Crippen molar-refractivity contribution < 1.29 is 14.1 Å². The number of hydrogen-bond donors (Lipinski definition) is 1. The number of amides is 1. The molecule has 3 aromatic rings. The summed E-state index contributed by atoms with van der Waals surface area (Å²) in [6.07, 6.45) is 2.37. The predicted octanol–water partition coefficient (Wildman–Crippen LogP) is 4.23. The monoisotopic (exact) mass is 405 g/mol. The minimum atomic E-state index is -0.227. The minimum absolute atomic E-state index is 0.117. The van der Waals surface area contributed by atoms with Gasteiger partial charge in [-0.2, -0.15) is 0 Å². The van der Waals surface area contributed by atoms with Crippen molar-refractivity contribution in [2.24, 2.45) is 0 Å². The van der Waals surface area contributed by atoms with Crippen molar-refractivity contribution in [1.29, 1.82) is 0 Å². The molecular weight excluding hydrogens is 378 g/mol. The highest BCUT2D eigenvalue weighted by molar-refractivity contribution is 5.93. The summed E-state index contributed by atoms with van der Waals surface area (Å²) < 4.78 is 10.7. The fourth-order valence-electron chi connectivity index (χ4n) is 3.85. The Balaban J connectivity index is 1.45. The molecule has 2 heterocycles. The van der Waals surface area contributed by atoms with Gasteiger partial charge in [0, 0.05) is 18.2 Å². The third kappa shape index (κ3) is 4.54. The van der Waals surface area contributed by atoms with Gasteiger partial charge < -0.3 is 14.6 Å². The lowest BCUT2D eigenvalue weighted by Gasteiger charge is -2.28. The van der Waals surface area contributed by atoms with E-state index in [0.717, 1.165) is 24.4 Å². The van der Waals surface area contributed by atoms with E-state index in [1.165, 1.54) is 24.0 Å². The highest BCUT2D eigenvalue weighted by Gasteiger charge is 2.25. The molecule has 1 N–H and O–H groups in total. The number of methoxy groups -OCH3 is 1. The summed E-state index contributed by atoms with van der Waals surface area (Å²) in [4.78, 5) is 15.1. The summed E-state index contributed by atoms with van der Waals surface area (Å²) in [5.74, 6) is 1.19. The Morgan fingerprint density at radius 1 is 1.13 bits per heavy atom. The number of hydrogen-bond acceptors (Lipinski definition) is 5. The molecule has 1 aromatic heterocycles. The maximum Gasteiger partial charge on any atom is 0.273 e. The van der Waals surface area contributed by atoms with E-state index >= 15 is 0 Å². The van der Waals surface area contributed by atoms with Gasteiger partial charge >= 0.3 is 0 Å². The van der Waals surface area contributed by atoms with E-state index in [2.05, 4.69) is 27.5 Å².